The maximum Gasteiger partial charge on any atom is 0.0998 e. The molecule has 2 nitrogen and oxygen atoms in total. The van der Waals surface area contributed by atoms with Gasteiger partial charge >= 0.3 is 0 Å². The molecule has 0 radical (unpaired) electrons. The largest absolute Gasteiger partial charge is 0.192 e. The highest BCUT2D eigenvalue weighted by Crippen LogP contribution is 2.43. The fourth-order valence-electron chi connectivity index (χ4n) is 6.90. The lowest BCUT2D eigenvalue weighted by molar-refractivity contribution is 1.47. The molecule has 0 saturated heterocycles. The minimum absolute atomic E-state index is 0.648. The van der Waals surface area contributed by atoms with Crippen molar-refractivity contribution < 1.29 is 0 Å². The van der Waals surface area contributed by atoms with E-state index in [0.29, 0.717) is 11.1 Å². The minimum Gasteiger partial charge on any atom is -0.192 e. The van der Waals surface area contributed by atoms with E-state index in [2.05, 4.69) is 140 Å². The van der Waals surface area contributed by atoms with E-state index >= 15 is 0 Å². The van der Waals surface area contributed by atoms with Crippen LogP contribution in [0.15, 0.2) is 146 Å². The van der Waals surface area contributed by atoms with E-state index in [1.807, 2.05) is 18.2 Å². The van der Waals surface area contributed by atoms with Crippen molar-refractivity contribution in [1.29, 1.82) is 10.5 Å². The topological polar surface area (TPSA) is 47.6 Å². The normalized spacial score (nSPS) is 11.3. The van der Waals surface area contributed by atoms with E-state index in [-0.39, 0.29) is 0 Å². The van der Waals surface area contributed by atoms with Crippen molar-refractivity contribution in [3.63, 3.8) is 0 Å². The SMILES string of the molecule is N#Cc1cc(-c2cccc(-c3ccc(-c4cccc5c4sc4ccccc45)c(C#N)c3)c2)ccc1-c1cccc2c1sc1ccccc12. The predicted octanol–water partition coefficient (Wildman–Crippen LogP) is 12.8. The molecule has 0 N–H and O–H groups in total. The first-order valence-corrected chi connectivity index (χ1v) is 17.3. The number of benzene rings is 7. The Balaban J connectivity index is 1.09. The summed E-state index contributed by atoms with van der Waals surface area (Å²) in [7, 11) is 0. The van der Waals surface area contributed by atoms with Crippen LogP contribution in [0.5, 0.6) is 0 Å². The zero-order valence-corrected chi connectivity index (χ0v) is 27.2. The van der Waals surface area contributed by atoms with Crippen LogP contribution >= 0.6 is 22.7 Å². The fourth-order valence-corrected chi connectivity index (χ4v) is 9.36. The Morgan fingerprint density at radius 1 is 0.354 bits per heavy atom. The van der Waals surface area contributed by atoms with E-state index in [4.69, 9.17) is 0 Å². The standard InChI is InChI=1S/C44H24N2S2/c45-25-31-23-29(18-20-33(31)37-12-6-14-39-35-10-1-3-16-41(35)47-43(37)39)27-8-5-9-28(22-27)30-19-21-34(32(24-30)26-46)38-13-7-15-40-36-11-2-4-17-42(36)48-44(38)40/h1-24H. The van der Waals surface area contributed by atoms with Gasteiger partial charge < -0.3 is 0 Å². The summed E-state index contributed by atoms with van der Waals surface area (Å²) in [6, 6.07) is 55.3. The second-order valence-electron chi connectivity index (χ2n) is 11.9. The molecule has 48 heavy (non-hydrogen) atoms. The molecule has 0 fully saturated rings. The summed E-state index contributed by atoms with van der Waals surface area (Å²) >= 11 is 3.55. The molecule has 2 heterocycles. The Labute approximate surface area is 285 Å². The first kappa shape index (κ1) is 28.2. The van der Waals surface area contributed by atoms with E-state index in [9.17, 15) is 10.5 Å². The first-order valence-electron chi connectivity index (χ1n) is 15.7. The average Bonchev–Trinajstić information content (AvgIpc) is 3.73. The van der Waals surface area contributed by atoms with Gasteiger partial charge in [-0.1, -0.05) is 115 Å². The van der Waals surface area contributed by atoms with Gasteiger partial charge in [0.25, 0.3) is 0 Å². The molecule has 4 heteroatoms. The molecular weight excluding hydrogens is 621 g/mol. The third-order valence-electron chi connectivity index (χ3n) is 9.20. The highest BCUT2D eigenvalue weighted by molar-refractivity contribution is 7.26. The monoisotopic (exact) mass is 644 g/mol. The molecule has 0 bridgehead atoms. The van der Waals surface area contributed by atoms with Crippen molar-refractivity contribution in [3.05, 3.63) is 157 Å². The maximum absolute atomic E-state index is 10.3. The van der Waals surface area contributed by atoms with Gasteiger partial charge in [-0.05, 0) is 52.6 Å². The minimum atomic E-state index is 0.648. The van der Waals surface area contributed by atoms with Crippen LogP contribution in [-0.2, 0) is 0 Å². The smallest absolute Gasteiger partial charge is 0.0998 e. The third kappa shape index (κ3) is 4.51. The van der Waals surface area contributed by atoms with Crippen LogP contribution in [0.3, 0.4) is 0 Å². The zero-order chi connectivity index (χ0) is 32.2. The lowest BCUT2D eigenvalue weighted by Gasteiger charge is -2.12. The molecule has 2 aromatic heterocycles. The van der Waals surface area contributed by atoms with Crippen molar-refractivity contribution in [2.24, 2.45) is 0 Å². The number of nitriles is 2. The Morgan fingerprint density at radius 3 is 1.25 bits per heavy atom. The molecule has 0 saturated carbocycles. The van der Waals surface area contributed by atoms with Crippen molar-refractivity contribution in [1.82, 2.24) is 0 Å². The Morgan fingerprint density at radius 2 is 0.771 bits per heavy atom. The van der Waals surface area contributed by atoms with E-state index in [1.54, 1.807) is 22.7 Å². The molecule has 222 valence electrons. The number of thiophene rings is 2. The summed E-state index contributed by atoms with van der Waals surface area (Å²) in [5.74, 6) is 0. The summed E-state index contributed by atoms with van der Waals surface area (Å²) in [6.45, 7) is 0. The molecular formula is C44H24N2S2. The summed E-state index contributed by atoms with van der Waals surface area (Å²) < 4.78 is 4.89. The van der Waals surface area contributed by atoms with Crippen LogP contribution in [-0.4, -0.2) is 0 Å². The quantitative estimate of drug-likeness (QED) is 0.191. The maximum atomic E-state index is 10.3. The molecule has 7 aromatic carbocycles. The van der Waals surface area contributed by atoms with E-state index in [0.717, 1.165) is 44.5 Å². The van der Waals surface area contributed by atoms with Crippen LogP contribution in [0, 0.1) is 22.7 Å². The molecule has 0 aliphatic rings. The number of hydrogen-bond donors (Lipinski definition) is 0. The molecule has 0 spiro atoms. The van der Waals surface area contributed by atoms with Gasteiger partial charge in [-0.2, -0.15) is 10.5 Å². The van der Waals surface area contributed by atoms with Gasteiger partial charge in [-0.25, -0.2) is 0 Å². The number of fused-ring (bicyclic) bond motifs is 6. The lowest BCUT2D eigenvalue weighted by Crippen LogP contribution is -1.89. The van der Waals surface area contributed by atoms with Gasteiger partial charge in [0.05, 0.1) is 23.3 Å². The molecule has 0 aliphatic heterocycles. The summed E-state index contributed by atoms with van der Waals surface area (Å²) in [5.41, 5.74) is 9.35. The Hall–Kier alpha value is -6.04. The van der Waals surface area contributed by atoms with Gasteiger partial charge in [0.2, 0.25) is 0 Å². The van der Waals surface area contributed by atoms with Crippen LogP contribution in [0.4, 0.5) is 0 Å². The fraction of sp³-hybridized carbons (Fsp3) is 0. The number of nitrogens with zero attached hydrogens (tertiary/aromatic N) is 2. The Bertz CT molecular complexity index is 2630. The predicted molar refractivity (Wildman–Crippen MR) is 203 cm³/mol. The van der Waals surface area contributed by atoms with Gasteiger partial charge in [-0.3, -0.25) is 0 Å². The second kappa shape index (κ2) is 11.3. The second-order valence-corrected chi connectivity index (χ2v) is 14.0. The van der Waals surface area contributed by atoms with Crippen LogP contribution in [0.1, 0.15) is 11.1 Å². The van der Waals surface area contributed by atoms with Gasteiger partial charge in [0.15, 0.2) is 0 Å². The van der Waals surface area contributed by atoms with Crippen LogP contribution < -0.4 is 0 Å². The van der Waals surface area contributed by atoms with Crippen molar-refractivity contribution in [2.75, 3.05) is 0 Å². The lowest BCUT2D eigenvalue weighted by atomic mass is 9.92. The number of hydrogen-bond acceptors (Lipinski definition) is 4. The highest BCUT2D eigenvalue weighted by atomic mass is 32.1. The van der Waals surface area contributed by atoms with E-state index < -0.39 is 0 Å². The molecule has 0 aliphatic carbocycles. The third-order valence-corrected chi connectivity index (χ3v) is 11.6. The first-order chi connectivity index (χ1) is 23.7. The van der Waals surface area contributed by atoms with Crippen molar-refractivity contribution in [3.8, 4) is 56.6 Å². The molecule has 0 unspecified atom stereocenters. The van der Waals surface area contributed by atoms with E-state index in [1.165, 1.54) is 40.3 Å². The molecule has 9 rings (SSSR count). The zero-order valence-electron chi connectivity index (χ0n) is 25.6. The molecule has 9 aromatic rings. The van der Waals surface area contributed by atoms with Crippen molar-refractivity contribution in [2.45, 2.75) is 0 Å². The summed E-state index contributed by atoms with van der Waals surface area (Å²) in [4.78, 5) is 0. The van der Waals surface area contributed by atoms with Crippen molar-refractivity contribution >= 4 is 63.0 Å². The van der Waals surface area contributed by atoms with Crippen LogP contribution in [0.25, 0.3) is 84.9 Å². The van der Waals surface area contributed by atoms with Gasteiger partial charge in [-0.15, -0.1) is 22.7 Å². The Kier molecular flexibility index (Phi) is 6.66. The molecule has 0 amide bonds. The average molecular weight is 645 g/mol. The summed E-state index contributed by atoms with van der Waals surface area (Å²) in [5, 5.41) is 25.5. The molecule has 0 atom stereocenters. The van der Waals surface area contributed by atoms with Crippen LogP contribution in [0.2, 0.25) is 0 Å². The van der Waals surface area contributed by atoms with Gasteiger partial charge in [0.1, 0.15) is 0 Å². The summed E-state index contributed by atoms with van der Waals surface area (Å²) in [6.07, 6.45) is 0. The highest BCUT2D eigenvalue weighted by Gasteiger charge is 2.16. The number of rotatable bonds is 4. The van der Waals surface area contributed by atoms with Gasteiger partial charge in [0, 0.05) is 62.6 Å².